The maximum Gasteiger partial charge on any atom is 0.253 e. The molecule has 3 aromatic rings. The van der Waals surface area contributed by atoms with E-state index < -0.39 is 0 Å². The number of rotatable bonds is 5. The Morgan fingerprint density at radius 1 is 1.19 bits per heavy atom. The van der Waals surface area contributed by atoms with Gasteiger partial charge < -0.3 is 15.2 Å². The van der Waals surface area contributed by atoms with Crippen molar-refractivity contribution in [1.82, 2.24) is 14.9 Å². The molecule has 134 valence electrons. The molecule has 6 heteroatoms. The van der Waals surface area contributed by atoms with Crippen LogP contribution in [0, 0.1) is 0 Å². The number of aromatic nitrogens is 2. The van der Waals surface area contributed by atoms with Gasteiger partial charge in [-0.25, -0.2) is 4.98 Å². The molecular weight excluding hydrogens is 328 g/mol. The highest BCUT2D eigenvalue weighted by molar-refractivity contribution is 6.07. The molecule has 2 heterocycles. The third kappa shape index (κ3) is 3.91. The molecule has 0 spiro atoms. The molecule has 0 saturated carbocycles. The molecule has 2 amide bonds. The normalized spacial score (nSPS) is 10.9. The lowest BCUT2D eigenvalue weighted by molar-refractivity contribution is -0.114. The molecule has 0 radical (unpaired) electrons. The third-order valence-electron chi connectivity index (χ3n) is 3.89. The number of hydrogen-bond donors (Lipinski definition) is 2. The topological polar surface area (TPSA) is 76.0 Å². The minimum absolute atomic E-state index is 0.0292. The summed E-state index contributed by atoms with van der Waals surface area (Å²) in [5, 5.41) is 6.35. The first-order chi connectivity index (χ1) is 12.4. The summed E-state index contributed by atoms with van der Waals surface area (Å²) >= 11 is 0. The molecule has 1 aromatic carbocycles. The van der Waals surface area contributed by atoms with Gasteiger partial charge in [-0.1, -0.05) is 30.3 Å². The Hall–Kier alpha value is -3.15. The van der Waals surface area contributed by atoms with Gasteiger partial charge in [0, 0.05) is 31.1 Å². The lowest BCUT2D eigenvalue weighted by Crippen LogP contribution is -2.29. The van der Waals surface area contributed by atoms with Gasteiger partial charge in [0.2, 0.25) is 5.91 Å². The molecule has 0 unspecified atom stereocenters. The molecule has 0 bridgehead atoms. The molecule has 0 atom stereocenters. The second kappa shape index (κ2) is 7.39. The number of benzene rings is 1. The summed E-state index contributed by atoms with van der Waals surface area (Å²) in [6.45, 7) is 5.89. The van der Waals surface area contributed by atoms with Crippen LogP contribution in [0.4, 0.5) is 5.69 Å². The predicted octanol–water partition coefficient (Wildman–Crippen LogP) is 3.18. The number of carbonyl (C=O) groups is 2. The molecular formula is C20H22N4O2. The van der Waals surface area contributed by atoms with Crippen LogP contribution in [-0.2, 0) is 11.3 Å². The summed E-state index contributed by atoms with van der Waals surface area (Å²) in [5.74, 6) is -0.332. The number of nitrogens with one attached hydrogen (secondary N) is 2. The Morgan fingerprint density at radius 2 is 1.92 bits per heavy atom. The maximum absolute atomic E-state index is 12.6. The highest BCUT2D eigenvalue weighted by Crippen LogP contribution is 2.24. The van der Waals surface area contributed by atoms with Gasteiger partial charge in [-0.05, 0) is 25.5 Å². The fourth-order valence-electron chi connectivity index (χ4n) is 2.86. The third-order valence-corrected chi connectivity index (χ3v) is 3.89. The van der Waals surface area contributed by atoms with Crippen LogP contribution < -0.4 is 10.6 Å². The van der Waals surface area contributed by atoms with Crippen LogP contribution in [0.25, 0.3) is 11.0 Å². The van der Waals surface area contributed by atoms with Crippen LogP contribution in [-0.4, -0.2) is 27.4 Å². The van der Waals surface area contributed by atoms with E-state index in [0.29, 0.717) is 28.8 Å². The van der Waals surface area contributed by atoms with Gasteiger partial charge in [0.1, 0.15) is 5.65 Å². The van der Waals surface area contributed by atoms with Crippen LogP contribution in [0.5, 0.6) is 0 Å². The highest BCUT2D eigenvalue weighted by Gasteiger charge is 2.17. The van der Waals surface area contributed by atoms with Crippen molar-refractivity contribution >= 4 is 28.5 Å². The number of carbonyl (C=O) groups excluding carboxylic acids is 2. The van der Waals surface area contributed by atoms with Crippen LogP contribution in [0.2, 0.25) is 0 Å². The zero-order chi connectivity index (χ0) is 18.7. The van der Waals surface area contributed by atoms with Crippen molar-refractivity contribution in [1.29, 1.82) is 0 Å². The molecule has 6 nitrogen and oxygen atoms in total. The quantitative estimate of drug-likeness (QED) is 0.742. The van der Waals surface area contributed by atoms with E-state index >= 15 is 0 Å². The smallest absolute Gasteiger partial charge is 0.253 e. The molecule has 2 aromatic heterocycles. The largest absolute Gasteiger partial charge is 0.350 e. The van der Waals surface area contributed by atoms with Gasteiger partial charge in [-0.2, -0.15) is 0 Å². The van der Waals surface area contributed by atoms with Crippen LogP contribution >= 0.6 is 0 Å². The van der Waals surface area contributed by atoms with Gasteiger partial charge in [-0.3, -0.25) is 9.59 Å². The Labute approximate surface area is 152 Å². The van der Waals surface area contributed by atoms with Crippen molar-refractivity contribution < 1.29 is 9.59 Å². The second-order valence-electron chi connectivity index (χ2n) is 6.56. The molecule has 0 aliphatic rings. The average Bonchev–Trinajstić information content (AvgIpc) is 2.93. The zero-order valence-corrected chi connectivity index (χ0v) is 15.1. The maximum atomic E-state index is 12.6. The SMILES string of the molecule is CC(=O)Nc1cnc2c(c1)c(C(=O)NC(C)C)cn2Cc1ccccc1. The molecule has 26 heavy (non-hydrogen) atoms. The predicted molar refractivity (Wildman–Crippen MR) is 102 cm³/mol. The number of hydrogen-bond acceptors (Lipinski definition) is 3. The summed E-state index contributed by atoms with van der Waals surface area (Å²) in [5.41, 5.74) is 2.94. The number of pyridine rings is 1. The minimum atomic E-state index is -0.178. The summed E-state index contributed by atoms with van der Waals surface area (Å²) in [6, 6.07) is 11.8. The van der Waals surface area contributed by atoms with E-state index in [0.717, 1.165) is 5.56 Å². The number of nitrogens with zero attached hydrogens (tertiary/aromatic N) is 2. The average molecular weight is 350 g/mol. The van der Waals surface area contributed by atoms with Gasteiger partial charge in [-0.15, -0.1) is 0 Å². The summed E-state index contributed by atoms with van der Waals surface area (Å²) in [4.78, 5) is 28.4. The summed E-state index contributed by atoms with van der Waals surface area (Å²) in [7, 11) is 0. The lowest BCUT2D eigenvalue weighted by atomic mass is 10.2. The zero-order valence-electron chi connectivity index (χ0n) is 15.1. The van der Waals surface area contributed by atoms with Crippen molar-refractivity contribution in [3.05, 3.63) is 59.9 Å². The summed E-state index contributed by atoms with van der Waals surface area (Å²) < 4.78 is 1.96. The summed E-state index contributed by atoms with van der Waals surface area (Å²) in [6.07, 6.45) is 3.43. The number of fused-ring (bicyclic) bond motifs is 1. The number of anilines is 1. The fourth-order valence-corrected chi connectivity index (χ4v) is 2.86. The van der Waals surface area contributed by atoms with E-state index in [1.807, 2.05) is 54.9 Å². The Morgan fingerprint density at radius 3 is 2.58 bits per heavy atom. The van der Waals surface area contributed by atoms with E-state index in [4.69, 9.17) is 0 Å². The number of amides is 2. The van der Waals surface area contributed by atoms with Crippen molar-refractivity contribution in [3.8, 4) is 0 Å². The van der Waals surface area contributed by atoms with E-state index in [1.165, 1.54) is 6.92 Å². The minimum Gasteiger partial charge on any atom is -0.350 e. The first-order valence-electron chi connectivity index (χ1n) is 8.55. The highest BCUT2D eigenvalue weighted by atomic mass is 16.2. The Balaban J connectivity index is 2.07. The van der Waals surface area contributed by atoms with Crippen molar-refractivity contribution in [2.45, 2.75) is 33.4 Å². The van der Waals surface area contributed by atoms with Gasteiger partial charge >= 0.3 is 0 Å². The lowest BCUT2D eigenvalue weighted by Gasteiger charge is -2.07. The first-order valence-corrected chi connectivity index (χ1v) is 8.55. The monoisotopic (exact) mass is 350 g/mol. The van der Waals surface area contributed by atoms with Crippen LogP contribution in [0.1, 0.15) is 36.7 Å². The van der Waals surface area contributed by atoms with Crippen LogP contribution in [0.3, 0.4) is 0 Å². The van der Waals surface area contributed by atoms with Crippen molar-refractivity contribution in [2.75, 3.05) is 5.32 Å². The molecule has 0 saturated heterocycles. The van der Waals surface area contributed by atoms with E-state index in [2.05, 4.69) is 15.6 Å². The fraction of sp³-hybridized carbons (Fsp3) is 0.250. The van der Waals surface area contributed by atoms with Gasteiger partial charge in [0.05, 0.1) is 17.4 Å². The Bertz CT molecular complexity index is 945. The van der Waals surface area contributed by atoms with E-state index in [9.17, 15) is 9.59 Å². The second-order valence-corrected chi connectivity index (χ2v) is 6.56. The Kier molecular flexibility index (Phi) is 5.02. The van der Waals surface area contributed by atoms with E-state index in [-0.39, 0.29) is 17.9 Å². The molecule has 0 aliphatic heterocycles. The first kappa shape index (κ1) is 17.7. The van der Waals surface area contributed by atoms with Gasteiger partial charge in [0.25, 0.3) is 5.91 Å². The van der Waals surface area contributed by atoms with Crippen LogP contribution in [0.15, 0.2) is 48.8 Å². The van der Waals surface area contributed by atoms with Crippen molar-refractivity contribution in [3.63, 3.8) is 0 Å². The molecule has 0 aliphatic carbocycles. The molecule has 2 N–H and O–H groups in total. The molecule has 0 fully saturated rings. The van der Waals surface area contributed by atoms with Crippen molar-refractivity contribution in [2.24, 2.45) is 0 Å². The van der Waals surface area contributed by atoms with Gasteiger partial charge in [0.15, 0.2) is 0 Å². The van der Waals surface area contributed by atoms with E-state index in [1.54, 1.807) is 12.3 Å². The standard InChI is InChI=1S/C20H22N4O2/c1-13(2)22-20(26)18-12-24(11-15-7-5-4-6-8-15)19-17(18)9-16(10-21-19)23-14(3)25/h4-10,12-13H,11H2,1-3H3,(H,22,26)(H,23,25). The molecule has 3 rings (SSSR count).